The number of rotatable bonds is 4. The number of benzene rings is 1. The van der Waals surface area contributed by atoms with Crippen molar-refractivity contribution in [3.63, 3.8) is 0 Å². The van der Waals surface area contributed by atoms with Crippen LogP contribution in [0, 0.1) is 0 Å². The molecule has 2 heteroatoms. The molecule has 1 unspecified atom stereocenters. The fourth-order valence-electron chi connectivity index (χ4n) is 2.10. The Balaban J connectivity index is 2.19. The molecule has 0 fully saturated rings. The number of nitrogens with zero attached hydrogens (tertiary/aromatic N) is 1. The minimum absolute atomic E-state index is 0.374. The van der Waals surface area contributed by atoms with Gasteiger partial charge in [-0.2, -0.15) is 0 Å². The highest BCUT2D eigenvalue weighted by molar-refractivity contribution is 5.29. The Bertz CT molecular complexity index is 486. The predicted octanol–water partition coefficient (Wildman–Crippen LogP) is 3.06. The van der Waals surface area contributed by atoms with Crippen LogP contribution in [0.15, 0.2) is 48.7 Å². The monoisotopic (exact) mass is 240 g/mol. The van der Waals surface area contributed by atoms with Crippen LogP contribution in [-0.2, 0) is 18.4 Å². The SMILES string of the molecule is CCc1ccc(C(C)(N)Cc2ccccn2)cc1. The molecule has 0 saturated carbocycles. The van der Waals surface area contributed by atoms with Gasteiger partial charge in [-0.15, -0.1) is 0 Å². The zero-order valence-corrected chi connectivity index (χ0v) is 11.1. The van der Waals surface area contributed by atoms with Crippen LogP contribution in [0.2, 0.25) is 0 Å². The van der Waals surface area contributed by atoms with Gasteiger partial charge in [-0.05, 0) is 36.6 Å². The molecule has 1 heterocycles. The van der Waals surface area contributed by atoms with E-state index < -0.39 is 0 Å². The van der Waals surface area contributed by atoms with Crippen molar-refractivity contribution < 1.29 is 0 Å². The van der Waals surface area contributed by atoms with Crippen LogP contribution in [0.1, 0.15) is 30.7 Å². The van der Waals surface area contributed by atoms with Crippen molar-refractivity contribution in [2.24, 2.45) is 5.73 Å². The number of aromatic nitrogens is 1. The zero-order chi connectivity index (χ0) is 13.0. The van der Waals surface area contributed by atoms with E-state index in [0.29, 0.717) is 0 Å². The molecule has 0 amide bonds. The molecule has 1 aromatic heterocycles. The average Bonchev–Trinajstić information content (AvgIpc) is 2.39. The summed E-state index contributed by atoms with van der Waals surface area (Å²) in [7, 11) is 0. The van der Waals surface area contributed by atoms with E-state index in [4.69, 9.17) is 5.73 Å². The summed E-state index contributed by atoms with van der Waals surface area (Å²) in [6.45, 7) is 4.22. The number of hydrogen-bond acceptors (Lipinski definition) is 2. The van der Waals surface area contributed by atoms with E-state index in [1.165, 1.54) is 5.56 Å². The van der Waals surface area contributed by atoms with E-state index >= 15 is 0 Å². The number of nitrogens with two attached hydrogens (primary N) is 1. The maximum Gasteiger partial charge on any atom is 0.0436 e. The van der Waals surface area contributed by atoms with Crippen molar-refractivity contribution in [1.29, 1.82) is 0 Å². The van der Waals surface area contributed by atoms with Crippen molar-refractivity contribution in [3.8, 4) is 0 Å². The lowest BCUT2D eigenvalue weighted by molar-refractivity contribution is 0.485. The van der Waals surface area contributed by atoms with Crippen LogP contribution < -0.4 is 5.73 Å². The molecule has 2 N–H and O–H groups in total. The first kappa shape index (κ1) is 12.8. The predicted molar refractivity (Wildman–Crippen MR) is 75.3 cm³/mol. The third-order valence-corrected chi connectivity index (χ3v) is 3.30. The van der Waals surface area contributed by atoms with E-state index in [0.717, 1.165) is 24.1 Å². The first-order valence-corrected chi connectivity index (χ1v) is 6.40. The molecule has 18 heavy (non-hydrogen) atoms. The normalized spacial score (nSPS) is 14.2. The Hall–Kier alpha value is -1.67. The van der Waals surface area contributed by atoms with E-state index in [1.807, 2.05) is 24.4 Å². The van der Waals surface area contributed by atoms with Gasteiger partial charge in [-0.25, -0.2) is 0 Å². The molecular weight excluding hydrogens is 220 g/mol. The van der Waals surface area contributed by atoms with Crippen molar-refractivity contribution in [2.75, 3.05) is 0 Å². The van der Waals surface area contributed by atoms with Gasteiger partial charge in [-0.3, -0.25) is 4.98 Å². The maximum absolute atomic E-state index is 6.42. The third kappa shape index (κ3) is 2.96. The maximum atomic E-state index is 6.42. The quantitative estimate of drug-likeness (QED) is 0.892. The fraction of sp³-hybridized carbons (Fsp3) is 0.312. The first-order valence-electron chi connectivity index (χ1n) is 6.40. The van der Waals surface area contributed by atoms with Gasteiger partial charge < -0.3 is 5.73 Å². The molecule has 0 aliphatic carbocycles. The second-order valence-electron chi connectivity index (χ2n) is 4.97. The lowest BCUT2D eigenvalue weighted by Crippen LogP contribution is -2.35. The smallest absolute Gasteiger partial charge is 0.0436 e. The van der Waals surface area contributed by atoms with Crippen molar-refractivity contribution in [1.82, 2.24) is 4.98 Å². The second-order valence-corrected chi connectivity index (χ2v) is 4.97. The zero-order valence-electron chi connectivity index (χ0n) is 11.1. The van der Waals surface area contributed by atoms with Gasteiger partial charge in [0.05, 0.1) is 0 Å². The van der Waals surface area contributed by atoms with Gasteiger partial charge in [0.1, 0.15) is 0 Å². The molecule has 0 spiro atoms. The molecule has 1 atom stereocenters. The summed E-state index contributed by atoms with van der Waals surface area (Å²) in [6.07, 6.45) is 3.62. The Kier molecular flexibility index (Phi) is 3.78. The molecular formula is C16H20N2. The van der Waals surface area contributed by atoms with Gasteiger partial charge in [0.25, 0.3) is 0 Å². The highest BCUT2D eigenvalue weighted by Gasteiger charge is 2.22. The molecule has 0 radical (unpaired) electrons. The van der Waals surface area contributed by atoms with Crippen molar-refractivity contribution in [2.45, 2.75) is 32.2 Å². The summed E-state index contributed by atoms with van der Waals surface area (Å²) in [4.78, 5) is 4.34. The molecule has 0 bridgehead atoms. The second kappa shape index (κ2) is 5.32. The molecule has 0 saturated heterocycles. The molecule has 2 rings (SSSR count). The molecule has 0 aliphatic rings. The Morgan fingerprint density at radius 1 is 1.11 bits per heavy atom. The minimum atomic E-state index is -0.374. The third-order valence-electron chi connectivity index (χ3n) is 3.30. The van der Waals surface area contributed by atoms with Crippen LogP contribution in [-0.4, -0.2) is 4.98 Å². The summed E-state index contributed by atoms with van der Waals surface area (Å²) in [5.74, 6) is 0. The van der Waals surface area contributed by atoms with Gasteiger partial charge in [0, 0.05) is 23.9 Å². The standard InChI is InChI=1S/C16H20N2/c1-3-13-7-9-14(10-8-13)16(2,17)12-15-6-4-5-11-18-15/h4-11H,3,12,17H2,1-2H3. The largest absolute Gasteiger partial charge is 0.321 e. The number of pyridine rings is 1. The van der Waals surface area contributed by atoms with Crippen LogP contribution in [0.3, 0.4) is 0 Å². The van der Waals surface area contributed by atoms with Crippen LogP contribution >= 0.6 is 0 Å². The van der Waals surface area contributed by atoms with E-state index in [-0.39, 0.29) is 5.54 Å². The number of aryl methyl sites for hydroxylation is 1. The summed E-state index contributed by atoms with van der Waals surface area (Å²) < 4.78 is 0. The summed E-state index contributed by atoms with van der Waals surface area (Å²) in [5, 5.41) is 0. The van der Waals surface area contributed by atoms with Crippen LogP contribution in [0.4, 0.5) is 0 Å². The number of hydrogen-bond donors (Lipinski definition) is 1. The Morgan fingerprint density at radius 3 is 2.39 bits per heavy atom. The van der Waals surface area contributed by atoms with Gasteiger partial charge >= 0.3 is 0 Å². The Morgan fingerprint density at radius 2 is 1.83 bits per heavy atom. The topological polar surface area (TPSA) is 38.9 Å². The van der Waals surface area contributed by atoms with E-state index in [9.17, 15) is 0 Å². The van der Waals surface area contributed by atoms with Crippen LogP contribution in [0.25, 0.3) is 0 Å². The highest BCUT2D eigenvalue weighted by Crippen LogP contribution is 2.22. The van der Waals surface area contributed by atoms with Gasteiger partial charge in [0.15, 0.2) is 0 Å². The van der Waals surface area contributed by atoms with Gasteiger partial charge in [0.2, 0.25) is 0 Å². The van der Waals surface area contributed by atoms with Crippen molar-refractivity contribution in [3.05, 3.63) is 65.5 Å². The molecule has 2 aromatic rings. The summed E-state index contributed by atoms with van der Waals surface area (Å²) in [6, 6.07) is 14.5. The first-order chi connectivity index (χ1) is 8.62. The molecule has 0 aliphatic heterocycles. The Labute approximate surface area is 109 Å². The summed E-state index contributed by atoms with van der Waals surface area (Å²) >= 11 is 0. The molecule has 2 nitrogen and oxygen atoms in total. The molecule has 94 valence electrons. The van der Waals surface area contributed by atoms with E-state index in [2.05, 4.69) is 43.1 Å². The van der Waals surface area contributed by atoms with Gasteiger partial charge in [-0.1, -0.05) is 37.3 Å². The average molecular weight is 240 g/mol. The minimum Gasteiger partial charge on any atom is -0.321 e. The van der Waals surface area contributed by atoms with Crippen LogP contribution in [0.5, 0.6) is 0 Å². The van der Waals surface area contributed by atoms with E-state index in [1.54, 1.807) is 0 Å². The molecule has 1 aromatic carbocycles. The highest BCUT2D eigenvalue weighted by atomic mass is 14.8. The van der Waals surface area contributed by atoms with Crippen molar-refractivity contribution >= 4 is 0 Å². The fourth-order valence-corrected chi connectivity index (χ4v) is 2.10. The lowest BCUT2D eigenvalue weighted by atomic mass is 9.87. The lowest BCUT2D eigenvalue weighted by Gasteiger charge is -2.25. The summed E-state index contributed by atoms with van der Waals surface area (Å²) in [5.41, 5.74) is 9.57.